The monoisotopic (exact) mass is 352 g/mol. The number of likely N-dealkylation sites (N-methyl/N-ethyl adjacent to an activating group) is 1. The van der Waals surface area contributed by atoms with Crippen molar-refractivity contribution >= 4 is 46.5 Å². The van der Waals surface area contributed by atoms with Crippen LogP contribution in [-0.4, -0.2) is 35.4 Å². The minimum Gasteiger partial charge on any atom is -0.324 e. The quantitative estimate of drug-likeness (QED) is 0.884. The molecule has 0 saturated heterocycles. The van der Waals surface area contributed by atoms with Gasteiger partial charge in [-0.15, -0.1) is 0 Å². The lowest BCUT2D eigenvalue weighted by molar-refractivity contribution is -0.116. The molecule has 2 rings (SSSR count). The number of carbonyl (C=O) groups excluding carboxylic acids is 2. The van der Waals surface area contributed by atoms with Crippen LogP contribution in [0, 0.1) is 0 Å². The molecule has 23 heavy (non-hydrogen) atoms. The van der Waals surface area contributed by atoms with Crippen LogP contribution in [-0.2, 0) is 4.79 Å². The van der Waals surface area contributed by atoms with E-state index >= 15 is 0 Å². The standard InChI is InChI=1S/C15H14Cl2N4O2/c1-21(15(23)20-10-4-6-18-7-5-10)9-14(22)19-11-2-3-12(16)13(17)8-11/h2-8H,9H2,1H3,(H,19,22)(H,18,20,23). The fraction of sp³-hybridized carbons (Fsp3) is 0.133. The maximum absolute atomic E-state index is 12.0. The number of hydrogen-bond donors (Lipinski definition) is 2. The lowest BCUT2D eigenvalue weighted by Crippen LogP contribution is -2.37. The van der Waals surface area contributed by atoms with Crippen LogP contribution < -0.4 is 10.6 Å². The predicted molar refractivity (Wildman–Crippen MR) is 91.0 cm³/mol. The van der Waals surface area contributed by atoms with Crippen LogP contribution in [0.5, 0.6) is 0 Å². The zero-order chi connectivity index (χ0) is 16.8. The van der Waals surface area contributed by atoms with E-state index in [1.54, 1.807) is 42.7 Å². The molecule has 0 saturated carbocycles. The summed E-state index contributed by atoms with van der Waals surface area (Å²) in [4.78, 5) is 29.0. The van der Waals surface area contributed by atoms with Gasteiger partial charge in [0.1, 0.15) is 6.54 Å². The summed E-state index contributed by atoms with van der Waals surface area (Å²) in [5.74, 6) is -0.351. The Morgan fingerprint density at radius 1 is 1.04 bits per heavy atom. The van der Waals surface area contributed by atoms with Crippen LogP contribution in [0.2, 0.25) is 10.0 Å². The minimum absolute atomic E-state index is 0.114. The van der Waals surface area contributed by atoms with Crippen LogP contribution in [0.1, 0.15) is 0 Å². The molecule has 0 aliphatic carbocycles. The molecule has 2 aromatic rings. The summed E-state index contributed by atoms with van der Waals surface area (Å²) in [5, 5.41) is 6.04. The molecule has 0 spiro atoms. The fourth-order valence-corrected chi connectivity index (χ4v) is 2.01. The maximum Gasteiger partial charge on any atom is 0.322 e. The first-order valence-electron chi connectivity index (χ1n) is 6.63. The normalized spacial score (nSPS) is 10.0. The number of anilines is 2. The number of pyridine rings is 1. The summed E-state index contributed by atoms with van der Waals surface area (Å²) in [6, 6.07) is 7.66. The van der Waals surface area contributed by atoms with Crippen LogP contribution in [0.3, 0.4) is 0 Å². The zero-order valence-electron chi connectivity index (χ0n) is 12.2. The Hall–Kier alpha value is -2.31. The Bertz CT molecular complexity index is 710. The first kappa shape index (κ1) is 17.1. The molecule has 6 nitrogen and oxygen atoms in total. The van der Waals surface area contributed by atoms with E-state index in [9.17, 15) is 9.59 Å². The third kappa shape index (κ3) is 5.12. The molecule has 0 radical (unpaired) electrons. The van der Waals surface area contributed by atoms with Crippen molar-refractivity contribution in [1.82, 2.24) is 9.88 Å². The van der Waals surface area contributed by atoms with Crippen molar-refractivity contribution in [1.29, 1.82) is 0 Å². The number of hydrogen-bond acceptors (Lipinski definition) is 3. The summed E-state index contributed by atoms with van der Waals surface area (Å²) in [7, 11) is 1.52. The molecule has 0 fully saturated rings. The van der Waals surface area contributed by atoms with Gasteiger partial charge in [-0.1, -0.05) is 23.2 Å². The number of amides is 3. The van der Waals surface area contributed by atoms with Crippen molar-refractivity contribution in [2.75, 3.05) is 24.2 Å². The maximum atomic E-state index is 12.0. The number of halogens is 2. The van der Waals surface area contributed by atoms with E-state index in [1.165, 1.54) is 11.9 Å². The van der Waals surface area contributed by atoms with E-state index in [0.29, 0.717) is 21.4 Å². The highest BCUT2D eigenvalue weighted by atomic mass is 35.5. The van der Waals surface area contributed by atoms with Gasteiger partial charge >= 0.3 is 6.03 Å². The van der Waals surface area contributed by atoms with E-state index < -0.39 is 6.03 Å². The van der Waals surface area contributed by atoms with Gasteiger partial charge in [0.05, 0.1) is 10.0 Å². The third-order valence-corrected chi connectivity index (χ3v) is 3.60. The van der Waals surface area contributed by atoms with Crippen molar-refractivity contribution in [3.05, 3.63) is 52.8 Å². The zero-order valence-corrected chi connectivity index (χ0v) is 13.7. The van der Waals surface area contributed by atoms with E-state index in [1.807, 2.05) is 0 Å². The average Bonchev–Trinajstić information content (AvgIpc) is 2.51. The molecule has 0 aliphatic heterocycles. The smallest absolute Gasteiger partial charge is 0.322 e. The van der Waals surface area contributed by atoms with Crippen molar-refractivity contribution in [3.8, 4) is 0 Å². The highest BCUT2D eigenvalue weighted by Crippen LogP contribution is 2.24. The SMILES string of the molecule is CN(CC(=O)Nc1ccc(Cl)c(Cl)c1)C(=O)Nc1ccncc1. The van der Waals surface area contributed by atoms with Gasteiger partial charge in [0, 0.05) is 30.8 Å². The Morgan fingerprint density at radius 2 is 1.74 bits per heavy atom. The molecule has 120 valence electrons. The van der Waals surface area contributed by atoms with E-state index in [0.717, 1.165) is 0 Å². The van der Waals surface area contributed by atoms with Gasteiger partial charge in [0.15, 0.2) is 0 Å². The fourth-order valence-electron chi connectivity index (χ4n) is 1.72. The number of benzene rings is 1. The number of carbonyl (C=O) groups is 2. The number of aromatic nitrogens is 1. The van der Waals surface area contributed by atoms with Crippen molar-refractivity contribution in [3.63, 3.8) is 0 Å². The molecular formula is C15H14Cl2N4O2. The Balaban J connectivity index is 1.88. The topological polar surface area (TPSA) is 74.3 Å². The first-order valence-corrected chi connectivity index (χ1v) is 7.38. The van der Waals surface area contributed by atoms with E-state index in [4.69, 9.17) is 23.2 Å². The molecule has 1 aromatic carbocycles. The molecule has 0 atom stereocenters. The van der Waals surface area contributed by atoms with Crippen molar-refractivity contribution < 1.29 is 9.59 Å². The van der Waals surface area contributed by atoms with Crippen LogP contribution >= 0.6 is 23.2 Å². The minimum atomic E-state index is -0.402. The summed E-state index contributed by atoms with van der Waals surface area (Å²) < 4.78 is 0. The van der Waals surface area contributed by atoms with Gasteiger partial charge < -0.3 is 15.5 Å². The number of urea groups is 1. The molecule has 8 heteroatoms. The van der Waals surface area contributed by atoms with Gasteiger partial charge in [0.2, 0.25) is 5.91 Å². The second kappa shape index (κ2) is 7.80. The lowest BCUT2D eigenvalue weighted by atomic mass is 10.3. The molecular weight excluding hydrogens is 339 g/mol. The highest BCUT2D eigenvalue weighted by molar-refractivity contribution is 6.42. The molecule has 2 N–H and O–H groups in total. The second-order valence-corrected chi connectivity index (χ2v) is 5.51. The molecule has 0 aliphatic rings. The predicted octanol–water partition coefficient (Wildman–Crippen LogP) is 3.49. The second-order valence-electron chi connectivity index (χ2n) is 4.70. The molecule has 1 heterocycles. The molecule has 1 aromatic heterocycles. The summed E-state index contributed by atoms with van der Waals surface area (Å²) in [5.41, 5.74) is 1.11. The summed E-state index contributed by atoms with van der Waals surface area (Å²) in [6.45, 7) is -0.114. The van der Waals surface area contributed by atoms with Gasteiger partial charge in [-0.25, -0.2) is 4.79 Å². The molecule has 3 amide bonds. The summed E-state index contributed by atoms with van der Waals surface area (Å²) >= 11 is 11.7. The van der Waals surface area contributed by atoms with Gasteiger partial charge in [-0.05, 0) is 30.3 Å². The Labute approximate surface area is 143 Å². The average molecular weight is 353 g/mol. The first-order chi connectivity index (χ1) is 11.0. The number of nitrogens with zero attached hydrogens (tertiary/aromatic N) is 2. The third-order valence-electron chi connectivity index (χ3n) is 2.86. The van der Waals surface area contributed by atoms with Crippen molar-refractivity contribution in [2.45, 2.75) is 0 Å². The highest BCUT2D eigenvalue weighted by Gasteiger charge is 2.13. The van der Waals surface area contributed by atoms with Crippen LogP contribution in [0.15, 0.2) is 42.7 Å². The van der Waals surface area contributed by atoms with E-state index in [2.05, 4.69) is 15.6 Å². The molecule has 0 bridgehead atoms. The van der Waals surface area contributed by atoms with Crippen LogP contribution in [0.4, 0.5) is 16.2 Å². The van der Waals surface area contributed by atoms with Crippen molar-refractivity contribution in [2.24, 2.45) is 0 Å². The van der Waals surface area contributed by atoms with Gasteiger partial charge in [-0.3, -0.25) is 9.78 Å². The van der Waals surface area contributed by atoms with Gasteiger partial charge in [-0.2, -0.15) is 0 Å². The van der Waals surface area contributed by atoms with E-state index in [-0.39, 0.29) is 12.5 Å². The largest absolute Gasteiger partial charge is 0.324 e. The van der Waals surface area contributed by atoms with Gasteiger partial charge in [0.25, 0.3) is 0 Å². The Kier molecular flexibility index (Phi) is 5.78. The van der Waals surface area contributed by atoms with Crippen LogP contribution in [0.25, 0.3) is 0 Å². The molecule has 0 unspecified atom stereocenters. The summed E-state index contributed by atoms with van der Waals surface area (Å²) in [6.07, 6.45) is 3.12. The number of rotatable bonds is 4. The number of nitrogens with one attached hydrogen (secondary N) is 2. The Morgan fingerprint density at radius 3 is 2.39 bits per heavy atom. The lowest BCUT2D eigenvalue weighted by Gasteiger charge is -2.17.